The van der Waals surface area contributed by atoms with Crippen LogP contribution in [0.4, 0.5) is 0 Å². The summed E-state index contributed by atoms with van der Waals surface area (Å²) in [6, 6.07) is 0. The van der Waals surface area contributed by atoms with Crippen LogP contribution in [-0.4, -0.2) is 43.3 Å². The van der Waals surface area contributed by atoms with E-state index < -0.39 is 0 Å². The minimum Gasteiger partial charge on any atom is -0.330 e. The summed E-state index contributed by atoms with van der Waals surface area (Å²) in [6.45, 7) is 3.76. The van der Waals surface area contributed by atoms with Crippen molar-refractivity contribution in [2.24, 2.45) is 17.4 Å². The van der Waals surface area contributed by atoms with E-state index in [4.69, 9.17) is 16.7 Å². The summed E-state index contributed by atoms with van der Waals surface area (Å²) < 4.78 is 0. The van der Waals surface area contributed by atoms with Crippen LogP contribution in [0.1, 0.15) is 12.8 Å². The molecule has 0 saturated carbocycles. The summed E-state index contributed by atoms with van der Waals surface area (Å²) in [5.41, 5.74) is 10.7. The van der Waals surface area contributed by atoms with Gasteiger partial charge in [0.1, 0.15) is 0 Å². The molecular weight excluding hydrogens is 156 g/mol. The molecule has 5 nitrogen and oxygen atoms in total. The SMILES string of the molecule is CN(CCCN)CCCN.NO. The molecule has 0 aromatic rings. The van der Waals surface area contributed by atoms with E-state index in [1.807, 2.05) is 0 Å². The first kappa shape index (κ1) is 14.3. The van der Waals surface area contributed by atoms with E-state index >= 15 is 0 Å². The van der Waals surface area contributed by atoms with Gasteiger partial charge >= 0.3 is 0 Å². The van der Waals surface area contributed by atoms with Crippen LogP contribution in [0, 0.1) is 0 Å². The molecule has 0 aliphatic carbocycles. The Bertz CT molecular complexity index is 64.4. The Kier molecular flexibility index (Phi) is 16.0. The highest BCUT2D eigenvalue weighted by molar-refractivity contribution is 4.51. The Morgan fingerprint density at radius 3 is 1.58 bits per heavy atom. The van der Waals surface area contributed by atoms with E-state index in [-0.39, 0.29) is 0 Å². The molecule has 5 heteroatoms. The first-order valence-corrected chi connectivity index (χ1v) is 4.15. The third-order valence-electron chi connectivity index (χ3n) is 1.49. The fourth-order valence-electron chi connectivity index (χ4n) is 0.834. The molecule has 0 aliphatic rings. The van der Waals surface area contributed by atoms with Crippen LogP contribution in [-0.2, 0) is 0 Å². The van der Waals surface area contributed by atoms with Gasteiger partial charge in [-0.15, -0.1) is 0 Å². The molecule has 0 aliphatic heterocycles. The molecule has 0 unspecified atom stereocenters. The second-order valence-corrected chi connectivity index (χ2v) is 2.59. The topological polar surface area (TPSA) is 102 Å². The Morgan fingerprint density at radius 1 is 1.00 bits per heavy atom. The molecule has 0 atom stereocenters. The average Bonchev–Trinajstić information content (AvgIpc) is 2.14. The van der Waals surface area contributed by atoms with Crippen molar-refractivity contribution in [1.29, 1.82) is 0 Å². The van der Waals surface area contributed by atoms with E-state index in [1.54, 1.807) is 0 Å². The van der Waals surface area contributed by atoms with Gasteiger partial charge in [-0.3, -0.25) is 0 Å². The second-order valence-electron chi connectivity index (χ2n) is 2.59. The maximum absolute atomic E-state index is 6.50. The third kappa shape index (κ3) is 12.5. The maximum Gasteiger partial charge on any atom is -0.000976 e. The minimum absolute atomic E-state index is 0.785. The first-order chi connectivity index (χ1) is 5.81. The van der Waals surface area contributed by atoms with E-state index in [9.17, 15) is 0 Å². The van der Waals surface area contributed by atoms with E-state index in [1.165, 1.54) is 0 Å². The summed E-state index contributed by atoms with van der Waals surface area (Å²) in [5.74, 6) is 3.50. The maximum atomic E-state index is 6.50. The number of rotatable bonds is 6. The van der Waals surface area contributed by atoms with Gasteiger partial charge in [0.15, 0.2) is 0 Å². The molecule has 0 aromatic heterocycles. The lowest BCUT2D eigenvalue weighted by molar-refractivity contribution is 0.311. The van der Waals surface area contributed by atoms with Gasteiger partial charge in [0.25, 0.3) is 0 Å². The zero-order valence-electron chi connectivity index (χ0n) is 7.87. The zero-order valence-corrected chi connectivity index (χ0v) is 7.87. The summed E-state index contributed by atoms with van der Waals surface area (Å²) in [6.07, 6.45) is 2.17. The zero-order chi connectivity index (χ0) is 9.82. The number of hydrogen-bond acceptors (Lipinski definition) is 5. The fourth-order valence-corrected chi connectivity index (χ4v) is 0.834. The van der Waals surface area contributed by atoms with Crippen LogP contribution in [0.3, 0.4) is 0 Å². The quantitative estimate of drug-likeness (QED) is 0.389. The second kappa shape index (κ2) is 13.4. The van der Waals surface area contributed by atoms with Gasteiger partial charge in [-0.1, -0.05) is 0 Å². The standard InChI is InChI=1S/C7H19N3.H3NO/c1-10(6-2-4-8)7-3-5-9;1-2/h2-9H2,1H3;2H,1H2. The fraction of sp³-hybridized carbons (Fsp3) is 1.00. The molecule has 76 valence electrons. The number of nitrogens with two attached hydrogens (primary N) is 3. The molecule has 7 N–H and O–H groups in total. The predicted octanol–water partition coefficient (Wildman–Crippen LogP) is -1.05. The first-order valence-electron chi connectivity index (χ1n) is 4.15. The normalized spacial score (nSPS) is 9.50. The van der Waals surface area contributed by atoms with Crippen LogP contribution >= 0.6 is 0 Å². The highest BCUT2D eigenvalue weighted by Gasteiger charge is 1.94. The van der Waals surface area contributed by atoms with Gasteiger partial charge in [-0.25, -0.2) is 5.90 Å². The van der Waals surface area contributed by atoms with Crippen LogP contribution in [0.5, 0.6) is 0 Å². The van der Waals surface area contributed by atoms with Crippen LogP contribution in [0.2, 0.25) is 0 Å². The van der Waals surface area contributed by atoms with Gasteiger partial charge in [0.2, 0.25) is 0 Å². The largest absolute Gasteiger partial charge is 0.330 e. The van der Waals surface area contributed by atoms with Crippen LogP contribution in [0.25, 0.3) is 0 Å². The van der Waals surface area contributed by atoms with Gasteiger partial charge in [0, 0.05) is 0 Å². The Labute approximate surface area is 74.5 Å². The molecule has 0 aromatic carbocycles. The van der Waals surface area contributed by atoms with E-state index in [2.05, 4.69) is 17.8 Å². The molecule has 0 saturated heterocycles. The molecule has 0 fully saturated rings. The third-order valence-corrected chi connectivity index (χ3v) is 1.49. The van der Waals surface area contributed by atoms with Crippen molar-refractivity contribution in [3.63, 3.8) is 0 Å². The molecule has 0 radical (unpaired) electrons. The summed E-state index contributed by atoms with van der Waals surface area (Å²) in [7, 11) is 2.10. The van der Waals surface area contributed by atoms with Gasteiger partial charge in [0.05, 0.1) is 0 Å². The highest BCUT2D eigenvalue weighted by Crippen LogP contribution is 1.86. The van der Waals surface area contributed by atoms with Crippen molar-refractivity contribution in [2.75, 3.05) is 33.2 Å². The van der Waals surface area contributed by atoms with E-state index in [0.717, 1.165) is 39.0 Å². The van der Waals surface area contributed by atoms with Crippen LogP contribution in [0.15, 0.2) is 0 Å². The summed E-state index contributed by atoms with van der Waals surface area (Å²) >= 11 is 0. The van der Waals surface area contributed by atoms with E-state index in [0.29, 0.717) is 0 Å². The molecular formula is C7H22N4O. The van der Waals surface area contributed by atoms with Crippen molar-refractivity contribution in [3.05, 3.63) is 0 Å². The Hall–Kier alpha value is -0.200. The Balaban J connectivity index is 0. The van der Waals surface area contributed by atoms with Gasteiger partial charge in [-0.05, 0) is 46.1 Å². The average molecular weight is 178 g/mol. The molecule has 0 amide bonds. The number of nitrogens with zero attached hydrogens (tertiary/aromatic N) is 1. The molecule has 0 spiro atoms. The Morgan fingerprint density at radius 2 is 1.33 bits per heavy atom. The van der Waals surface area contributed by atoms with Gasteiger partial charge < -0.3 is 21.6 Å². The van der Waals surface area contributed by atoms with Crippen molar-refractivity contribution < 1.29 is 5.21 Å². The minimum atomic E-state index is 0.785. The monoisotopic (exact) mass is 178 g/mol. The lowest BCUT2D eigenvalue weighted by atomic mass is 10.3. The lowest BCUT2D eigenvalue weighted by Crippen LogP contribution is -2.24. The summed E-state index contributed by atoms with van der Waals surface area (Å²) in [4.78, 5) is 2.26. The highest BCUT2D eigenvalue weighted by atomic mass is 16.4. The smallest absolute Gasteiger partial charge is 0.000976 e. The predicted molar refractivity (Wildman–Crippen MR) is 50.8 cm³/mol. The molecule has 12 heavy (non-hydrogen) atoms. The molecule has 0 rings (SSSR count). The number of hydrogen-bond donors (Lipinski definition) is 4. The van der Waals surface area contributed by atoms with Crippen molar-refractivity contribution >= 4 is 0 Å². The van der Waals surface area contributed by atoms with Crippen molar-refractivity contribution in [3.8, 4) is 0 Å². The van der Waals surface area contributed by atoms with Crippen LogP contribution < -0.4 is 17.4 Å². The lowest BCUT2D eigenvalue weighted by Gasteiger charge is -2.14. The van der Waals surface area contributed by atoms with Gasteiger partial charge in [-0.2, -0.15) is 0 Å². The van der Waals surface area contributed by atoms with Crippen molar-refractivity contribution in [2.45, 2.75) is 12.8 Å². The molecule has 0 bridgehead atoms. The molecule has 0 heterocycles. The van der Waals surface area contributed by atoms with Crippen molar-refractivity contribution in [1.82, 2.24) is 4.90 Å². The summed E-state index contributed by atoms with van der Waals surface area (Å²) in [5, 5.41) is 6.50.